The van der Waals surface area contributed by atoms with E-state index in [2.05, 4.69) is 78.0 Å². The smallest absolute Gasteiger partial charge is 0.351 e. The molecule has 0 aliphatic carbocycles. The molecule has 0 bridgehead atoms. The molecule has 2 saturated heterocycles. The summed E-state index contributed by atoms with van der Waals surface area (Å²) in [4.78, 5) is 23.9. The molecule has 3 unspecified atom stereocenters. The first kappa shape index (κ1) is 33.3. The average molecular weight is 800 g/mol. The number of aromatic nitrogens is 7. The molecule has 0 saturated carbocycles. The van der Waals surface area contributed by atoms with Gasteiger partial charge >= 0.3 is 5.69 Å². The summed E-state index contributed by atoms with van der Waals surface area (Å²) in [6.07, 6.45) is 7.18. The van der Waals surface area contributed by atoms with Crippen molar-refractivity contribution in [3.63, 3.8) is 0 Å². The maximum atomic E-state index is 12.8. The van der Waals surface area contributed by atoms with Gasteiger partial charge in [0, 0.05) is 49.1 Å². The molecule has 13 nitrogen and oxygen atoms in total. The number of hydrogen-bond donors (Lipinski definition) is 0. The van der Waals surface area contributed by atoms with E-state index in [4.69, 9.17) is 19.2 Å². The lowest BCUT2D eigenvalue weighted by Crippen LogP contribution is -2.46. The maximum absolute atomic E-state index is 12.8. The first-order chi connectivity index (χ1) is 25.0. The van der Waals surface area contributed by atoms with E-state index >= 15 is 0 Å². The summed E-state index contributed by atoms with van der Waals surface area (Å²) >= 11 is 2.25. The average Bonchev–Trinajstić information content (AvgIpc) is 3.95. The second kappa shape index (κ2) is 14.4. The molecule has 262 valence electrons. The van der Waals surface area contributed by atoms with Crippen LogP contribution >= 0.6 is 22.6 Å². The number of hydrogen-bond acceptors (Lipinski definition) is 10. The number of ether oxygens (including phenoxy) is 3. The molecule has 0 radical (unpaired) electrons. The van der Waals surface area contributed by atoms with Gasteiger partial charge in [0.25, 0.3) is 0 Å². The predicted molar refractivity (Wildman–Crippen MR) is 202 cm³/mol. The van der Waals surface area contributed by atoms with Crippen molar-refractivity contribution < 1.29 is 14.2 Å². The van der Waals surface area contributed by atoms with Crippen LogP contribution in [0.2, 0.25) is 0 Å². The third-order valence-corrected chi connectivity index (χ3v) is 10.8. The Bertz CT molecular complexity index is 2130. The highest BCUT2D eigenvalue weighted by molar-refractivity contribution is 14.1. The van der Waals surface area contributed by atoms with Crippen molar-refractivity contribution in [1.29, 1.82) is 0 Å². The quantitative estimate of drug-likeness (QED) is 0.128. The predicted octanol–water partition coefficient (Wildman–Crippen LogP) is 5.19. The highest BCUT2D eigenvalue weighted by atomic mass is 127. The van der Waals surface area contributed by atoms with Gasteiger partial charge in [-0.05, 0) is 66.4 Å². The monoisotopic (exact) mass is 799 g/mol. The van der Waals surface area contributed by atoms with Gasteiger partial charge in [0.15, 0.2) is 0 Å². The first-order valence-electron chi connectivity index (χ1n) is 17.1. The number of alkyl halides is 1. The van der Waals surface area contributed by atoms with Gasteiger partial charge in [0.2, 0.25) is 5.79 Å². The number of benzene rings is 3. The molecule has 0 spiro atoms. The normalized spacial score (nSPS) is 19.8. The van der Waals surface area contributed by atoms with Gasteiger partial charge in [0.05, 0.1) is 24.7 Å². The van der Waals surface area contributed by atoms with Gasteiger partial charge in [-0.1, -0.05) is 53.8 Å². The number of rotatable bonds is 11. The Morgan fingerprint density at radius 2 is 1.53 bits per heavy atom. The molecule has 3 aromatic heterocycles. The van der Waals surface area contributed by atoms with E-state index in [-0.39, 0.29) is 22.4 Å². The molecule has 3 aromatic carbocycles. The van der Waals surface area contributed by atoms with E-state index in [1.54, 1.807) is 34.3 Å². The zero-order valence-corrected chi connectivity index (χ0v) is 30.3. The van der Waals surface area contributed by atoms with Crippen molar-refractivity contribution in [1.82, 2.24) is 34.3 Å². The summed E-state index contributed by atoms with van der Waals surface area (Å²) < 4.78 is 22.4. The van der Waals surface area contributed by atoms with Gasteiger partial charge in [-0.3, -0.25) is 4.98 Å². The summed E-state index contributed by atoms with van der Waals surface area (Å²) in [6, 6.07) is 26.4. The highest BCUT2D eigenvalue weighted by Gasteiger charge is 2.47. The fourth-order valence-corrected chi connectivity index (χ4v) is 7.09. The number of piperazine rings is 1. The molecule has 6 aromatic rings. The molecule has 0 N–H and O–H groups in total. The summed E-state index contributed by atoms with van der Waals surface area (Å²) in [5.74, 6) is -0.387. The fraction of sp³-hybridized carbons (Fsp3) is 0.324. The summed E-state index contributed by atoms with van der Waals surface area (Å²) in [6.45, 7) is 6.55. The Kier molecular flexibility index (Phi) is 9.44. The molecule has 2 aliphatic rings. The topological polar surface area (TPSA) is 118 Å². The minimum Gasteiger partial charge on any atom is -0.491 e. The second-order valence-corrected chi connectivity index (χ2v) is 14.0. The SMILES string of the molecule is CCC(I)n1ncn(-c2ccc(N3CCN(c4ccc(OCC5COC(Cn6nccn6)(c6nccc7ccccc67)O5)cc4)CC3)cc2)c1=O. The molecule has 2 fully saturated rings. The van der Waals surface area contributed by atoms with E-state index < -0.39 is 5.79 Å². The molecule has 0 amide bonds. The molecular weight excluding hydrogens is 761 g/mol. The van der Waals surface area contributed by atoms with Crippen LogP contribution in [0.15, 0.2) is 109 Å². The zero-order valence-electron chi connectivity index (χ0n) is 28.2. The standard InChI is InChI=1S/C37H38IN9O4/c1-2-34(38)47-36(48)45(26-42-47)30-9-7-28(8-10-30)43-19-21-44(22-20-43)29-11-13-31(14-12-29)49-23-32-24-50-37(51-32,25-46-40-17-18-41-46)35-33-6-4-3-5-27(33)15-16-39-35/h3-18,26,32,34H,2,19-25H2,1H3. The van der Waals surface area contributed by atoms with Crippen LogP contribution in [0.3, 0.4) is 0 Å². The summed E-state index contributed by atoms with van der Waals surface area (Å²) in [5.41, 5.74) is 3.69. The molecule has 5 heterocycles. The lowest BCUT2D eigenvalue weighted by atomic mass is 10.0. The van der Waals surface area contributed by atoms with E-state index in [0.717, 1.165) is 66.2 Å². The van der Waals surface area contributed by atoms with Crippen molar-refractivity contribution in [2.45, 2.75) is 35.8 Å². The van der Waals surface area contributed by atoms with Crippen LogP contribution in [0.25, 0.3) is 16.5 Å². The zero-order chi connectivity index (χ0) is 34.8. The van der Waals surface area contributed by atoms with Gasteiger partial charge in [0.1, 0.15) is 41.1 Å². The second-order valence-electron chi connectivity index (χ2n) is 12.6. The lowest BCUT2D eigenvalue weighted by Gasteiger charge is -2.37. The Hall–Kier alpha value is -4.80. The highest BCUT2D eigenvalue weighted by Crippen LogP contribution is 2.38. The van der Waals surface area contributed by atoms with Gasteiger partial charge < -0.3 is 24.0 Å². The van der Waals surface area contributed by atoms with Crippen LogP contribution in [-0.2, 0) is 21.8 Å². The van der Waals surface area contributed by atoms with E-state index in [1.165, 1.54) is 4.68 Å². The number of nitrogens with zero attached hydrogens (tertiary/aromatic N) is 9. The van der Waals surface area contributed by atoms with Crippen LogP contribution in [0, 0.1) is 0 Å². The van der Waals surface area contributed by atoms with Crippen LogP contribution < -0.4 is 20.2 Å². The van der Waals surface area contributed by atoms with Crippen molar-refractivity contribution in [3.05, 3.63) is 120 Å². The van der Waals surface area contributed by atoms with Crippen LogP contribution in [-0.4, -0.2) is 79.8 Å². The number of halogens is 1. The largest absolute Gasteiger partial charge is 0.491 e. The number of fused-ring (bicyclic) bond motifs is 1. The fourth-order valence-electron chi connectivity index (χ4n) is 6.71. The number of pyridine rings is 1. The van der Waals surface area contributed by atoms with Gasteiger partial charge in [-0.15, -0.1) is 0 Å². The Morgan fingerprint density at radius 3 is 2.24 bits per heavy atom. The molecule has 51 heavy (non-hydrogen) atoms. The molecule has 3 atom stereocenters. The van der Waals surface area contributed by atoms with Crippen molar-refractivity contribution in [3.8, 4) is 11.4 Å². The third kappa shape index (κ3) is 6.82. The van der Waals surface area contributed by atoms with Crippen LogP contribution in [0.4, 0.5) is 11.4 Å². The van der Waals surface area contributed by atoms with E-state index in [0.29, 0.717) is 18.9 Å². The minimum atomic E-state index is -1.15. The van der Waals surface area contributed by atoms with Gasteiger partial charge in [-0.25, -0.2) is 14.0 Å². The van der Waals surface area contributed by atoms with E-state index in [1.807, 2.05) is 55.5 Å². The first-order valence-corrected chi connectivity index (χ1v) is 18.4. The molecule has 2 aliphatic heterocycles. The third-order valence-electron chi connectivity index (χ3n) is 9.42. The Labute approximate surface area is 308 Å². The minimum absolute atomic E-state index is 0.0372. The summed E-state index contributed by atoms with van der Waals surface area (Å²) in [7, 11) is 0. The molecule has 8 rings (SSSR count). The Morgan fingerprint density at radius 1 is 0.863 bits per heavy atom. The summed E-state index contributed by atoms with van der Waals surface area (Å²) in [5, 5.41) is 14.9. The Balaban J connectivity index is 0.867. The van der Waals surface area contributed by atoms with Crippen molar-refractivity contribution in [2.75, 3.05) is 49.2 Å². The maximum Gasteiger partial charge on any atom is 0.351 e. The van der Waals surface area contributed by atoms with Crippen molar-refractivity contribution in [2.24, 2.45) is 0 Å². The molecule has 14 heteroatoms. The lowest BCUT2D eigenvalue weighted by molar-refractivity contribution is -0.194. The van der Waals surface area contributed by atoms with Crippen molar-refractivity contribution >= 4 is 44.7 Å². The number of anilines is 2. The van der Waals surface area contributed by atoms with E-state index in [9.17, 15) is 4.79 Å². The molecular formula is C37H38IN9O4. The van der Waals surface area contributed by atoms with Crippen LogP contribution in [0.5, 0.6) is 5.75 Å². The van der Waals surface area contributed by atoms with Gasteiger partial charge in [-0.2, -0.15) is 20.1 Å². The van der Waals surface area contributed by atoms with Crippen LogP contribution in [0.1, 0.15) is 23.1 Å².